The largest absolute Gasteiger partial charge is 0.469 e. The molecule has 1 amide bonds. The topological polar surface area (TPSA) is 75.7 Å². The Kier molecular flexibility index (Phi) is 4.00. The number of Topliss-reactive ketones (excluding diaryl/α,β-unsaturated/α-hetero) is 1. The lowest BCUT2D eigenvalue weighted by Gasteiger charge is -2.39. The Labute approximate surface area is 134 Å². The minimum Gasteiger partial charge on any atom is -0.469 e. The van der Waals surface area contributed by atoms with Gasteiger partial charge >= 0.3 is 5.97 Å². The van der Waals surface area contributed by atoms with Crippen molar-refractivity contribution in [3.05, 3.63) is 35.4 Å². The molecule has 0 spiro atoms. The number of ketones is 1. The van der Waals surface area contributed by atoms with Crippen molar-refractivity contribution in [1.82, 2.24) is 4.90 Å². The van der Waals surface area contributed by atoms with Crippen LogP contribution < -0.4 is 5.32 Å². The zero-order valence-corrected chi connectivity index (χ0v) is 13.0. The summed E-state index contributed by atoms with van der Waals surface area (Å²) in [6, 6.07) is 5.30. The molecule has 1 aliphatic heterocycles. The number of carbonyl (C=O) groups is 3. The molecule has 2 aliphatic rings. The molecule has 1 aromatic carbocycles. The molecule has 0 saturated heterocycles. The number of carbonyl (C=O) groups excluding carboxylic acids is 3. The first-order valence-electron chi connectivity index (χ1n) is 7.43. The van der Waals surface area contributed by atoms with Crippen LogP contribution in [0.15, 0.2) is 24.3 Å². The van der Waals surface area contributed by atoms with Crippen molar-refractivity contribution in [2.75, 3.05) is 26.0 Å². The van der Waals surface area contributed by atoms with Crippen molar-refractivity contribution in [2.24, 2.45) is 5.92 Å². The minimum atomic E-state index is -0.361. The second-order valence-electron chi connectivity index (χ2n) is 5.82. The van der Waals surface area contributed by atoms with Crippen molar-refractivity contribution in [3.63, 3.8) is 0 Å². The van der Waals surface area contributed by atoms with Gasteiger partial charge in [0.05, 0.1) is 18.7 Å². The standard InChI is InChI=1S/C17H18N2O4/c1-19-8-10(17(22)23-2)6-12-11-4-3-5-13(18-9-20)16(11)15(21)7-14(12)19/h3-6,9-10,14H,7-8H2,1-2H3,(H,18,20)/t10-,14?/m0/s1. The van der Waals surface area contributed by atoms with E-state index in [-0.39, 0.29) is 23.7 Å². The maximum absolute atomic E-state index is 12.6. The molecule has 6 nitrogen and oxygen atoms in total. The van der Waals surface area contributed by atoms with Gasteiger partial charge in [-0.3, -0.25) is 19.3 Å². The van der Waals surface area contributed by atoms with Crippen LogP contribution in [0.1, 0.15) is 22.3 Å². The Bertz CT molecular complexity index is 711. The molecule has 3 rings (SSSR count). The van der Waals surface area contributed by atoms with Gasteiger partial charge in [-0.25, -0.2) is 0 Å². The van der Waals surface area contributed by atoms with E-state index in [1.807, 2.05) is 24.1 Å². The van der Waals surface area contributed by atoms with Gasteiger partial charge in [0.25, 0.3) is 0 Å². The quantitative estimate of drug-likeness (QED) is 0.673. The third-order valence-electron chi connectivity index (χ3n) is 4.51. The number of fused-ring (bicyclic) bond motifs is 3. The maximum Gasteiger partial charge on any atom is 0.313 e. The van der Waals surface area contributed by atoms with Crippen molar-refractivity contribution in [1.29, 1.82) is 0 Å². The van der Waals surface area contributed by atoms with E-state index in [1.54, 1.807) is 12.1 Å². The Balaban J connectivity index is 2.13. The van der Waals surface area contributed by atoms with Gasteiger partial charge in [0.15, 0.2) is 5.78 Å². The number of amides is 1. The number of methoxy groups -OCH3 is 1. The molecular weight excluding hydrogens is 296 g/mol. The van der Waals surface area contributed by atoms with Crippen LogP contribution in [0, 0.1) is 5.92 Å². The van der Waals surface area contributed by atoms with Gasteiger partial charge in [0.1, 0.15) is 0 Å². The Hall–Kier alpha value is -2.47. The number of benzene rings is 1. The predicted octanol–water partition coefficient (Wildman–Crippen LogP) is 1.33. The monoisotopic (exact) mass is 314 g/mol. The molecule has 0 saturated carbocycles. The van der Waals surface area contributed by atoms with Gasteiger partial charge in [0.2, 0.25) is 6.41 Å². The van der Waals surface area contributed by atoms with Crippen LogP contribution in [0.5, 0.6) is 0 Å². The maximum atomic E-state index is 12.6. The summed E-state index contributed by atoms with van der Waals surface area (Å²) < 4.78 is 4.85. The lowest BCUT2D eigenvalue weighted by molar-refractivity contribution is -0.144. The summed E-state index contributed by atoms with van der Waals surface area (Å²) in [5, 5.41) is 2.58. The zero-order valence-electron chi connectivity index (χ0n) is 13.0. The number of likely N-dealkylation sites (N-methyl/N-ethyl adjacent to an activating group) is 1. The fraction of sp³-hybridized carbons (Fsp3) is 0.353. The van der Waals surface area contributed by atoms with Crippen LogP contribution in [0.25, 0.3) is 5.57 Å². The van der Waals surface area contributed by atoms with E-state index >= 15 is 0 Å². The first kappa shape index (κ1) is 15.4. The summed E-state index contributed by atoms with van der Waals surface area (Å²) in [7, 11) is 3.27. The molecule has 1 aromatic rings. The van der Waals surface area contributed by atoms with Gasteiger partial charge in [-0.1, -0.05) is 18.2 Å². The van der Waals surface area contributed by atoms with Gasteiger partial charge in [-0.15, -0.1) is 0 Å². The highest BCUT2D eigenvalue weighted by Gasteiger charge is 2.38. The minimum absolute atomic E-state index is 0.00420. The van der Waals surface area contributed by atoms with E-state index in [0.717, 1.165) is 11.1 Å². The fourth-order valence-corrected chi connectivity index (χ4v) is 3.44. The molecule has 6 heteroatoms. The first-order valence-corrected chi connectivity index (χ1v) is 7.43. The van der Waals surface area contributed by atoms with Crippen LogP contribution in [0.4, 0.5) is 5.69 Å². The first-order chi connectivity index (χ1) is 11.1. The number of nitrogens with zero attached hydrogens (tertiary/aromatic N) is 1. The highest BCUT2D eigenvalue weighted by molar-refractivity contribution is 6.10. The predicted molar refractivity (Wildman–Crippen MR) is 85.0 cm³/mol. The fourth-order valence-electron chi connectivity index (χ4n) is 3.44. The Morgan fingerprint density at radius 3 is 2.91 bits per heavy atom. The molecular formula is C17H18N2O4. The highest BCUT2D eigenvalue weighted by Crippen LogP contribution is 2.40. The van der Waals surface area contributed by atoms with Crippen LogP contribution in [0.2, 0.25) is 0 Å². The lowest BCUT2D eigenvalue weighted by atomic mass is 9.78. The lowest BCUT2D eigenvalue weighted by Crippen LogP contribution is -2.45. The van der Waals surface area contributed by atoms with Gasteiger partial charge in [-0.05, 0) is 24.3 Å². The molecule has 0 aromatic heterocycles. The second kappa shape index (κ2) is 5.96. The summed E-state index contributed by atoms with van der Waals surface area (Å²) in [5.74, 6) is -0.654. The van der Waals surface area contributed by atoms with Gasteiger partial charge in [0, 0.05) is 24.6 Å². The van der Waals surface area contributed by atoms with E-state index in [4.69, 9.17) is 4.74 Å². The van der Waals surface area contributed by atoms with Crippen molar-refractivity contribution in [3.8, 4) is 0 Å². The molecule has 1 unspecified atom stereocenters. The molecule has 1 aliphatic carbocycles. The number of nitrogens with one attached hydrogen (secondary N) is 1. The molecule has 0 radical (unpaired) electrons. The van der Waals surface area contributed by atoms with E-state index in [9.17, 15) is 14.4 Å². The number of rotatable bonds is 3. The average Bonchev–Trinajstić information content (AvgIpc) is 2.55. The number of esters is 1. The molecule has 1 N–H and O–H groups in total. The molecule has 23 heavy (non-hydrogen) atoms. The zero-order chi connectivity index (χ0) is 16.6. The molecule has 0 fully saturated rings. The Morgan fingerprint density at radius 2 is 2.22 bits per heavy atom. The van der Waals surface area contributed by atoms with E-state index in [0.29, 0.717) is 30.6 Å². The molecule has 120 valence electrons. The normalized spacial score (nSPS) is 23.4. The molecule has 1 heterocycles. The second-order valence-corrected chi connectivity index (χ2v) is 5.82. The van der Waals surface area contributed by atoms with Crippen LogP contribution in [-0.4, -0.2) is 49.8 Å². The average molecular weight is 314 g/mol. The van der Waals surface area contributed by atoms with E-state index in [2.05, 4.69) is 5.32 Å². The number of hydrogen-bond donors (Lipinski definition) is 1. The summed E-state index contributed by atoms with van der Waals surface area (Å²) in [4.78, 5) is 37.3. The van der Waals surface area contributed by atoms with Gasteiger partial charge in [-0.2, -0.15) is 0 Å². The van der Waals surface area contributed by atoms with Crippen LogP contribution in [-0.2, 0) is 14.3 Å². The van der Waals surface area contributed by atoms with Crippen molar-refractivity contribution in [2.45, 2.75) is 12.5 Å². The van der Waals surface area contributed by atoms with Crippen LogP contribution in [0.3, 0.4) is 0 Å². The SMILES string of the molecule is COC(=O)[C@H]1C=C2c3cccc(NC=O)c3C(=O)CC2N(C)C1. The summed E-state index contributed by atoms with van der Waals surface area (Å²) in [6.07, 6.45) is 2.79. The van der Waals surface area contributed by atoms with E-state index < -0.39 is 0 Å². The third-order valence-corrected chi connectivity index (χ3v) is 4.51. The highest BCUT2D eigenvalue weighted by atomic mass is 16.5. The summed E-state index contributed by atoms with van der Waals surface area (Å²) >= 11 is 0. The number of anilines is 1. The summed E-state index contributed by atoms with van der Waals surface area (Å²) in [6.45, 7) is 0.524. The van der Waals surface area contributed by atoms with Crippen molar-refractivity contribution >= 4 is 29.4 Å². The molecule has 2 atom stereocenters. The van der Waals surface area contributed by atoms with Crippen LogP contribution >= 0.6 is 0 Å². The smallest absolute Gasteiger partial charge is 0.313 e. The molecule has 0 bridgehead atoms. The third kappa shape index (κ3) is 2.55. The summed E-state index contributed by atoms with van der Waals surface area (Å²) in [5.41, 5.74) is 2.74. The Morgan fingerprint density at radius 1 is 1.43 bits per heavy atom. The van der Waals surface area contributed by atoms with E-state index in [1.165, 1.54) is 7.11 Å². The van der Waals surface area contributed by atoms with Crippen molar-refractivity contribution < 1.29 is 19.1 Å². The number of ether oxygens (including phenoxy) is 1. The number of hydrogen-bond acceptors (Lipinski definition) is 5. The van der Waals surface area contributed by atoms with Gasteiger partial charge < -0.3 is 10.1 Å².